The number of nitrogens with two attached hydrogens (primary N) is 1. The summed E-state index contributed by atoms with van der Waals surface area (Å²) in [7, 11) is 2.57. The fourth-order valence-electron chi connectivity index (χ4n) is 2.80. The lowest BCUT2D eigenvalue weighted by molar-refractivity contribution is -0.138. The number of benzene rings is 1. The normalized spacial score (nSPS) is 17.5. The van der Waals surface area contributed by atoms with Gasteiger partial charge in [-0.1, -0.05) is 12.5 Å². The minimum atomic E-state index is -4.48. The van der Waals surface area contributed by atoms with E-state index in [1.807, 2.05) is 0 Å². The van der Waals surface area contributed by atoms with Crippen LogP contribution >= 0.6 is 0 Å². The summed E-state index contributed by atoms with van der Waals surface area (Å²) in [5, 5.41) is 0. The van der Waals surface area contributed by atoms with Gasteiger partial charge in [-0.15, -0.1) is 0 Å². The molecule has 0 atom stereocenters. The molecule has 6 heteroatoms. The van der Waals surface area contributed by atoms with Crippen LogP contribution in [-0.2, 0) is 11.6 Å². The number of halogens is 3. The Bertz CT molecular complexity index is 490. The van der Waals surface area contributed by atoms with Crippen LogP contribution in [0.5, 0.6) is 11.5 Å². The molecule has 0 heterocycles. The summed E-state index contributed by atoms with van der Waals surface area (Å²) in [5.41, 5.74) is 5.41. The van der Waals surface area contributed by atoms with Crippen LogP contribution in [0.2, 0.25) is 0 Å². The van der Waals surface area contributed by atoms with Crippen molar-refractivity contribution >= 4 is 0 Å². The molecule has 2 N–H and O–H groups in total. The number of hydrogen-bond donors (Lipinski definition) is 1. The van der Waals surface area contributed by atoms with Gasteiger partial charge >= 0.3 is 6.18 Å². The van der Waals surface area contributed by atoms with Crippen molar-refractivity contribution in [2.24, 2.45) is 5.73 Å². The van der Waals surface area contributed by atoms with Crippen LogP contribution in [0.3, 0.4) is 0 Å². The van der Waals surface area contributed by atoms with Crippen LogP contribution < -0.4 is 15.2 Å². The van der Waals surface area contributed by atoms with Crippen molar-refractivity contribution in [3.63, 3.8) is 0 Å². The second-order valence-corrected chi connectivity index (χ2v) is 5.06. The van der Waals surface area contributed by atoms with Crippen molar-refractivity contribution in [1.29, 1.82) is 0 Å². The van der Waals surface area contributed by atoms with Gasteiger partial charge in [-0.25, -0.2) is 0 Å². The van der Waals surface area contributed by atoms with Crippen molar-refractivity contribution < 1.29 is 22.6 Å². The van der Waals surface area contributed by atoms with Gasteiger partial charge in [-0.2, -0.15) is 13.2 Å². The summed E-state index contributed by atoms with van der Waals surface area (Å²) >= 11 is 0. The van der Waals surface area contributed by atoms with Crippen molar-refractivity contribution in [3.8, 4) is 11.5 Å². The van der Waals surface area contributed by atoms with Gasteiger partial charge in [0.05, 0.1) is 14.2 Å². The van der Waals surface area contributed by atoms with Crippen molar-refractivity contribution in [1.82, 2.24) is 0 Å². The molecule has 1 saturated carbocycles. The first-order chi connectivity index (χ1) is 9.39. The van der Waals surface area contributed by atoms with E-state index in [9.17, 15) is 13.2 Å². The topological polar surface area (TPSA) is 44.5 Å². The molecule has 1 fully saturated rings. The highest BCUT2D eigenvalue weighted by Gasteiger charge is 2.43. The molecule has 1 aromatic carbocycles. The molecule has 2 rings (SSSR count). The van der Waals surface area contributed by atoms with E-state index in [4.69, 9.17) is 15.2 Å². The lowest BCUT2D eigenvalue weighted by Crippen LogP contribution is -2.41. The fraction of sp³-hybridized carbons (Fsp3) is 0.571. The Labute approximate surface area is 115 Å². The minimum absolute atomic E-state index is 0.146. The zero-order valence-corrected chi connectivity index (χ0v) is 11.5. The molecule has 1 aliphatic carbocycles. The Morgan fingerprint density at radius 2 is 1.75 bits per heavy atom. The largest absolute Gasteiger partial charge is 0.493 e. The Balaban J connectivity index is 2.61. The molecule has 0 saturated heterocycles. The highest BCUT2D eigenvalue weighted by atomic mass is 19.4. The highest BCUT2D eigenvalue weighted by molar-refractivity contribution is 5.56. The fourth-order valence-corrected chi connectivity index (χ4v) is 2.80. The maximum Gasteiger partial charge on any atom is 0.420 e. The van der Waals surface area contributed by atoms with Crippen molar-refractivity contribution in [2.75, 3.05) is 20.8 Å². The first-order valence-corrected chi connectivity index (χ1v) is 6.42. The molecule has 112 valence electrons. The summed E-state index contributed by atoms with van der Waals surface area (Å²) in [6.45, 7) is 0.387. The van der Waals surface area contributed by atoms with Crippen LogP contribution in [0.4, 0.5) is 13.2 Å². The Morgan fingerprint density at radius 3 is 2.10 bits per heavy atom. The zero-order valence-electron chi connectivity index (χ0n) is 11.5. The molecule has 1 aromatic rings. The van der Waals surface area contributed by atoms with Gasteiger partial charge in [0.25, 0.3) is 0 Å². The van der Waals surface area contributed by atoms with Gasteiger partial charge in [-0.3, -0.25) is 0 Å². The number of rotatable bonds is 4. The first kappa shape index (κ1) is 15.0. The number of alkyl halides is 3. The average molecular weight is 289 g/mol. The SMILES string of the molecule is COc1c(C(F)(F)F)ccc(C2(CN)CCC2)c1OC. The summed E-state index contributed by atoms with van der Waals surface area (Å²) in [6, 6.07) is 2.52. The molecule has 0 unspecified atom stereocenters. The Hall–Kier alpha value is -1.43. The minimum Gasteiger partial charge on any atom is -0.493 e. The maximum atomic E-state index is 13.0. The van der Waals surface area contributed by atoms with E-state index >= 15 is 0 Å². The van der Waals surface area contributed by atoms with E-state index in [0.29, 0.717) is 12.1 Å². The summed E-state index contributed by atoms with van der Waals surface area (Å²) in [5.74, 6) is -0.121. The molecule has 0 spiro atoms. The van der Waals surface area contributed by atoms with Crippen LogP contribution in [-0.4, -0.2) is 20.8 Å². The molecule has 20 heavy (non-hydrogen) atoms. The molecule has 0 amide bonds. The maximum absolute atomic E-state index is 13.0. The molecule has 1 aliphatic rings. The predicted octanol–water partition coefficient (Wildman–Crippen LogP) is 3.10. The summed E-state index contributed by atoms with van der Waals surface area (Å²) in [6.07, 6.45) is -1.75. The van der Waals surface area contributed by atoms with Crippen LogP contribution in [0.25, 0.3) is 0 Å². The zero-order chi connectivity index (χ0) is 15.0. The Morgan fingerprint density at radius 1 is 1.15 bits per heavy atom. The number of ether oxygens (including phenoxy) is 2. The second kappa shape index (κ2) is 5.16. The third kappa shape index (κ3) is 2.22. The van der Waals surface area contributed by atoms with Crippen molar-refractivity contribution in [2.45, 2.75) is 30.9 Å². The lowest BCUT2D eigenvalue weighted by Gasteiger charge is -2.42. The van der Waals surface area contributed by atoms with Crippen molar-refractivity contribution in [3.05, 3.63) is 23.3 Å². The van der Waals surface area contributed by atoms with Crippen LogP contribution in [0.1, 0.15) is 30.4 Å². The van der Waals surface area contributed by atoms with Crippen LogP contribution in [0.15, 0.2) is 12.1 Å². The monoisotopic (exact) mass is 289 g/mol. The van der Waals surface area contributed by atoms with Gasteiger partial charge < -0.3 is 15.2 Å². The van der Waals surface area contributed by atoms with E-state index in [-0.39, 0.29) is 16.9 Å². The van der Waals surface area contributed by atoms with Crippen LogP contribution in [0, 0.1) is 0 Å². The van der Waals surface area contributed by atoms with E-state index in [1.54, 1.807) is 0 Å². The molecule has 0 aliphatic heterocycles. The first-order valence-electron chi connectivity index (χ1n) is 6.42. The van der Waals surface area contributed by atoms with E-state index in [1.165, 1.54) is 20.3 Å². The average Bonchev–Trinajstić information content (AvgIpc) is 2.35. The molecule has 3 nitrogen and oxygen atoms in total. The van der Waals surface area contributed by atoms with E-state index < -0.39 is 11.7 Å². The molecular formula is C14H18F3NO2. The number of methoxy groups -OCH3 is 2. The lowest BCUT2D eigenvalue weighted by atomic mass is 9.64. The van der Waals surface area contributed by atoms with E-state index in [0.717, 1.165) is 25.3 Å². The third-order valence-corrected chi connectivity index (χ3v) is 4.10. The molecule has 0 radical (unpaired) electrons. The number of hydrogen-bond acceptors (Lipinski definition) is 3. The molecule has 0 bridgehead atoms. The standard InChI is InChI=1S/C14H18F3NO2/c1-19-11-9(13(8-18)6-3-7-13)4-5-10(12(11)20-2)14(15,16)17/h4-5H,3,6-8,18H2,1-2H3. The van der Waals surface area contributed by atoms with Gasteiger partial charge in [0.15, 0.2) is 11.5 Å². The van der Waals surface area contributed by atoms with Gasteiger partial charge in [0, 0.05) is 17.5 Å². The van der Waals surface area contributed by atoms with Gasteiger partial charge in [0.1, 0.15) is 5.56 Å². The van der Waals surface area contributed by atoms with Gasteiger partial charge in [-0.05, 0) is 18.9 Å². The quantitative estimate of drug-likeness (QED) is 0.926. The van der Waals surface area contributed by atoms with Gasteiger partial charge in [0.2, 0.25) is 0 Å². The van der Waals surface area contributed by atoms with E-state index in [2.05, 4.69) is 0 Å². The second-order valence-electron chi connectivity index (χ2n) is 5.06. The highest BCUT2D eigenvalue weighted by Crippen LogP contribution is 2.51. The predicted molar refractivity (Wildman–Crippen MR) is 69.1 cm³/mol. The smallest absolute Gasteiger partial charge is 0.420 e. The molecular weight excluding hydrogens is 271 g/mol. The summed E-state index contributed by atoms with van der Waals surface area (Å²) in [4.78, 5) is 0. The Kier molecular flexibility index (Phi) is 3.86. The summed E-state index contributed by atoms with van der Waals surface area (Å²) < 4.78 is 49.2. The molecule has 0 aromatic heterocycles. The third-order valence-electron chi connectivity index (χ3n) is 4.10.